The van der Waals surface area contributed by atoms with Gasteiger partial charge in [-0.05, 0) is 12.8 Å². The zero-order valence-electron chi connectivity index (χ0n) is 15.9. The Kier molecular flexibility index (Phi) is 4.71. The predicted molar refractivity (Wildman–Crippen MR) is 96.5 cm³/mol. The number of carbonyl (C=O) groups excluding carboxylic acids is 2. The minimum Gasteiger partial charge on any atom is -0.340 e. The van der Waals surface area contributed by atoms with E-state index in [9.17, 15) is 9.59 Å². The first kappa shape index (κ1) is 17.5. The van der Waals surface area contributed by atoms with Crippen LogP contribution in [-0.2, 0) is 22.6 Å². The highest BCUT2D eigenvalue weighted by atomic mass is 16.2. The van der Waals surface area contributed by atoms with Crippen molar-refractivity contribution in [1.82, 2.24) is 24.6 Å². The van der Waals surface area contributed by atoms with Crippen LogP contribution in [0, 0.1) is 5.92 Å². The molecule has 4 rings (SSSR count). The van der Waals surface area contributed by atoms with Crippen molar-refractivity contribution in [2.45, 2.75) is 70.9 Å². The number of hydrogen-bond donors (Lipinski definition) is 0. The molecule has 142 valence electrons. The van der Waals surface area contributed by atoms with Gasteiger partial charge in [-0.15, -0.1) is 10.2 Å². The summed E-state index contributed by atoms with van der Waals surface area (Å²) in [6, 6.07) is 0.370. The summed E-state index contributed by atoms with van der Waals surface area (Å²) in [7, 11) is 0. The molecule has 0 radical (unpaired) electrons. The number of carbonyl (C=O) groups is 2. The van der Waals surface area contributed by atoms with Gasteiger partial charge in [-0.1, -0.05) is 26.7 Å². The van der Waals surface area contributed by atoms with Crippen LogP contribution in [0.15, 0.2) is 0 Å². The molecule has 7 heteroatoms. The van der Waals surface area contributed by atoms with E-state index in [1.165, 1.54) is 12.8 Å². The Bertz CT molecular complexity index is 692. The molecule has 1 aromatic rings. The van der Waals surface area contributed by atoms with E-state index in [4.69, 9.17) is 0 Å². The van der Waals surface area contributed by atoms with E-state index in [0.29, 0.717) is 38.0 Å². The van der Waals surface area contributed by atoms with Crippen LogP contribution < -0.4 is 0 Å². The molecule has 3 heterocycles. The minimum atomic E-state index is -0.170. The molecule has 26 heavy (non-hydrogen) atoms. The molecule has 0 bridgehead atoms. The number of nitrogens with zero attached hydrogens (tertiary/aromatic N) is 5. The maximum absolute atomic E-state index is 13.1. The van der Waals surface area contributed by atoms with Gasteiger partial charge in [0.05, 0.1) is 5.92 Å². The van der Waals surface area contributed by atoms with Gasteiger partial charge in [0.1, 0.15) is 11.6 Å². The Morgan fingerprint density at radius 1 is 1.12 bits per heavy atom. The van der Waals surface area contributed by atoms with Crippen LogP contribution in [0.5, 0.6) is 0 Å². The molecular weight excluding hydrogens is 330 g/mol. The van der Waals surface area contributed by atoms with E-state index in [-0.39, 0.29) is 17.7 Å². The minimum absolute atomic E-state index is 0.142. The summed E-state index contributed by atoms with van der Waals surface area (Å²) in [5.74, 6) is 2.44. The first-order chi connectivity index (χ1) is 12.5. The van der Waals surface area contributed by atoms with Gasteiger partial charge >= 0.3 is 0 Å². The monoisotopic (exact) mass is 359 g/mol. The third kappa shape index (κ3) is 3.12. The summed E-state index contributed by atoms with van der Waals surface area (Å²) < 4.78 is 2.17. The number of fused-ring (bicyclic) bond motifs is 1. The van der Waals surface area contributed by atoms with Gasteiger partial charge in [-0.25, -0.2) is 0 Å². The average Bonchev–Trinajstić information content (AvgIpc) is 3.32. The number of aromatic nitrogens is 3. The Morgan fingerprint density at radius 3 is 2.62 bits per heavy atom. The second-order valence-corrected chi connectivity index (χ2v) is 8.24. The molecule has 0 N–H and O–H groups in total. The molecule has 7 nitrogen and oxygen atoms in total. The Morgan fingerprint density at radius 2 is 1.88 bits per heavy atom. The van der Waals surface area contributed by atoms with E-state index in [1.54, 1.807) is 0 Å². The largest absolute Gasteiger partial charge is 0.340 e. The lowest BCUT2D eigenvalue weighted by Gasteiger charge is -2.26. The van der Waals surface area contributed by atoms with Gasteiger partial charge in [-0.2, -0.15) is 0 Å². The maximum Gasteiger partial charge on any atom is 0.228 e. The van der Waals surface area contributed by atoms with E-state index in [2.05, 4.69) is 28.6 Å². The van der Waals surface area contributed by atoms with Crippen LogP contribution in [0.3, 0.4) is 0 Å². The number of amides is 2. The highest BCUT2D eigenvalue weighted by Gasteiger charge is 2.40. The average molecular weight is 359 g/mol. The van der Waals surface area contributed by atoms with Crippen LogP contribution in [0.2, 0.25) is 0 Å². The van der Waals surface area contributed by atoms with Gasteiger partial charge < -0.3 is 14.4 Å². The summed E-state index contributed by atoms with van der Waals surface area (Å²) in [4.78, 5) is 29.4. The van der Waals surface area contributed by atoms with Gasteiger partial charge in [0.2, 0.25) is 11.8 Å². The van der Waals surface area contributed by atoms with Crippen molar-refractivity contribution in [2.75, 3.05) is 19.6 Å². The van der Waals surface area contributed by atoms with Crippen LogP contribution >= 0.6 is 0 Å². The molecule has 1 saturated heterocycles. The fraction of sp³-hybridized carbons (Fsp3) is 0.789. The lowest BCUT2D eigenvalue weighted by atomic mass is 10.1. The first-order valence-corrected chi connectivity index (χ1v) is 10.0. The first-order valence-electron chi connectivity index (χ1n) is 10.0. The predicted octanol–water partition coefficient (Wildman–Crippen LogP) is 1.58. The second-order valence-electron chi connectivity index (χ2n) is 8.24. The Balaban J connectivity index is 1.41. The molecule has 3 aliphatic rings. The number of hydrogen-bond acceptors (Lipinski definition) is 4. The van der Waals surface area contributed by atoms with Gasteiger partial charge in [0, 0.05) is 51.0 Å². The Labute approximate surface area is 154 Å². The SMILES string of the molecule is CC(C)c1nnc2n1CCN(C(=O)[C@@H]1CC(=O)N(C3CCCC3)C1)CC2. The maximum atomic E-state index is 13.1. The van der Waals surface area contributed by atoms with Crippen molar-refractivity contribution in [3.8, 4) is 0 Å². The summed E-state index contributed by atoms with van der Waals surface area (Å²) in [5.41, 5.74) is 0. The fourth-order valence-corrected chi connectivity index (χ4v) is 4.72. The highest BCUT2D eigenvalue weighted by molar-refractivity contribution is 5.89. The second kappa shape index (κ2) is 7.00. The molecule has 2 aliphatic heterocycles. The molecule has 1 atom stereocenters. The van der Waals surface area contributed by atoms with Crippen LogP contribution in [0.25, 0.3) is 0 Å². The Hall–Kier alpha value is -1.92. The topological polar surface area (TPSA) is 71.3 Å². The van der Waals surface area contributed by atoms with Crippen molar-refractivity contribution in [1.29, 1.82) is 0 Å². The molecule has 1 aliphatic carbocycles. The van der Waals surface area contributed by atoms with Crippen molar-refractivity contribution in [3.05, 3.63) is 11.6 Å². The van der Waals surface area contributed by atoms with E-state index in [1.807, 2.05) is 9.80 Å². The summed E-state index contributed by atoms with van der Waals surface area (Å²) in [6.45, 7) is 6.94. The lowest BCUT2D eigenvalue weighted by molar-refractivity contribution is -0.135. The van der Waals surface area contributed by atoms with Gasteiger partial charge in [0.15, 0.2) is 0 Å². The molecule has 0 unspecified atom stereocenters. The fourth-order valence-electron chi connectivity index (χ4n) is 4.72. The van der Waals surface area contributed by atoms with E-state index < -0.39 is 0 Å². The smallest absolute Gasteiger partial charge is 0.228 e. The standard InChI is InChI=1S/C19H29N5O2/c1-13(2)18-21-20-16-7-8-22(9-10-23(16)18)19(26)14-11-17(25)24(12-14)15-5-3-4-6-15/h13-15H,3-12H2,1-2H3/t14-/m1/s1. The zero-order valence-corrected chi connectivity index (χ0v) is 15.9. The van der Waals surface area contributed by atoms with Crippen molar-refractivity contribution in [2.24, 2.45) is 5.92 Å². The summed E-state index contributed by atoms with van der Waals surface area (Å²) >= 11 is 0. The van der Waals surface area contributed by atoms with Crippen LogP contribution in [0.1, 0.15) is 63.5 Å². The number of likely N-dealkylation sites (tertiary alicyclic amines) is 1. The van der Waals surface area contributed by atoms with Crippen LogP contribution in [0.4, 0.5) is 0 Å². The zero-order chi connectivity index (χ0) is 18.3. The quantitative estimate of drug-likeness (QED) is 0.821. The normalized spacial score (nSPS) is 24.4. The van der Waals surface area contributed by atoms with Crippen molar-refractivity contribution in [3.63, 3.8) is 0 Å². The molecule has 1 aromatic heterocycles. The molecule has 1 saturated carbocycles. The van der Waals surface area contributed by atoms with E-state index >= 15 is 0 Å². The van der Waals surface area contributed by atoms with E-state index in [0.717, 1.165) is 37.5 Å². The summed E-state index contributed by atoms with van der Waals surface area (Å²) in [5, 5.41) is 8.63. The van der Waals surface area contributed by atoms with Crippen molar-refractivity contribution >= 4 is 11.8 Å². The summed E-state index contributed by atoms with van der Waals surface area (Å²) in [6.07, 6.45) is 5.73. The van der Waals surface area contributed by atoms with Gasteiger partial charge in [-0.3, -0.25) is 9.59 Å². The highest BCUT2D eigenvalue weighted by Crippen LogP contribution is 2.30. The molecule has 2 fully saturated rings. The molecule has 0 aromatic carbocycles. The number of rotatable bonds is 3. The van der Waals surface area contributed by atoms with Crippen LogP contribution in [-0.4, -0.2) is 62.1 Å². The third-order valence-electron chi connectivity index (χ3n) is 6.16. The van der Waals surface area contributed by atoms with Crippen molar-refractivity contribution < 1.29 is 9.59 Å². The van der Waals surface area contributed by atoms with Gasteiger partial charge in [0.25, 0.3) is 0 Å². The third-order valence-corrected chi connectivity index (χ3v) is 6.16. The molecule has 0 spiro atoms. The lowest BCUT2D eigenvalue weighted by Crippen LogP contribution is -2.40. The molecule has 2 amide bonds. The molecular formula is C19H29N5O2.